The zero-order valence-corrected chi connectivity index (χ0v) is 17.9. The molecule has 31 heavy (non-hydrogen) atoms. The normalized spacial score (nSPS) is 29.5. The average Bonchev–Trinajstić information content (AvgIpc) is 2.87. The summed E-state index contributed by atoms with van der Waals surface area (Å²) < 4.78 is 22.3. The van der Waals surface area contributed by atoms with Crippen LogP contribution in [0.4, 0.5) is 0 Å². The number of esters is 3. The zero-order chi connectivity index (χ0) is 22.2. The molecule has 1 aromatic rings. The van der Waals surface area contributed by atoms with Crippen LogP contribution >= 0.6 is 0 Å². The number of hydrogen-bond donors (Lipinski definition) is 0. The van der Waals surface area contributed by atoms with Crippen LogP contribution < -0.4 is 4.74 Å². The Kier molecular flexibility index (Phi) is 5.77. The Hall–Kier alpha value is -2.83. The van der Waals surface area contributed by atoms with Gasteiger partial charge in [0.05, 0.1) is 5.92 Å². The Morgan fingerprint density at radius 1 is 1.19 bits per heavy atom. The summed E-state index contributed by atoms with van der Waals surface area (Å²) in [5.41, 5.74) is 0.533. The summed E-state index contributed by atoms with van der Waals surface area (Å²) in [5.74, 6) is -0.324. The van der Waals surface area contributed by atoms with Crippen LogP contribution in [0.3, 0.4) is 0 Å². The molecule has 0 N–H and O–H groups in total. The van der Waals surface area contributed by atoms with Crippen molar-refractivity contribution in [3.05, 3.63) is 42.0 Å². The highest BCUT2D eigenvalue weighted by molar-refractivity contribution is 5.87. The summed E-state index contributed by atoms with van der Waals surface area (Å²) in [6.45, 7) is 6.73. The van der Waals surface area contributed by atoms with E-state index in [1.807, 2.05) is 0 Å². The number of ether oxygens (including phenoxy) is 4. The van der Waals surface area contributed by atoms with E-state index in [4.69, 9.17) is 18.9 Å². The molecule has 4 bridgehead atoms. The first kappa shape index (κ1) is 21.4. The fourth-order valence-electron chi connectivity index (χ4n) is 5.08. The number of fused-ring (bicyclic) bond motifs is 1. The van der Waals surface area contributed by atoms with Gasteiger partial charge in [0.25, 0.3) is 0 Å². The van der Waals surface area contributed by atoms with Crippen molar-refractivity contribution in [2.45, 2.75) is 63.8 Å². The second kappa shape index (κ2) is 8.36. The molecule has 7 nitrogen and oxygen atoms in total. The third-order valence-corrected chi connectivity index (χ3v) is 6.38. The van der Waals surface area contributed by atoms with E-state index in [0.29, 0.717) is 30.1 Å². The Morgan fingerprint density at radius 3 is 2.65 bits per heavy atom. The maximum absolute atomic E-state index is 12.5. The highest BCUT2D eigenvalue weighted by Crippen LogP contribution is 2.51. The number of carbonyl (C=O) groups excluding carboxylic acids is 3. The van der Waals surface area contributed by atoms with Crippen LogP contribution in [0.15, 0.2) is 36.4 Å². The number of rotatable bonds is 7. The first-order chi connectivity index (χ1) is 14.7. The molecule has 5 unspecified atom stereocenters. The van der Waals surface area contributed by atoms with Gasteiger partial charge >= 0.3 is 17.9 Å². The highest BCUT2D eigenvalue weighted by atomic mass is 16.6. The summed E-state index contributed by atoms with van der Waals surface area (Å²) in [6, 6.07) is 7.00. The van der Waals surface area contributed by atoms with Gasteiger partial charge in [0.2, 0.25) is 0 Å². The smallest absolute Gasteiger partial charge is 0.344 e. The topological polar surface area (TPSA) is 88.1 Å². The maximum atomic E-state index is 12.5. The lowest BCUT2D eigenvalue weighted by molar-refractivity contribution is -0.176. The van der Waals surface area contributed by atoms with Crippen LogP contribution in [0.25, 0.3) is 0 Å². The predicted octanol–water partition coefficient (Wildman–Crippen LogP) is 3.66. The van der Waals surface area contributed by atoms with Gasteiger partial charge in [-0.2, -0.15) is 0 Å². The van der Waals surface area contributed by atoms with Gasteiger partial charge in [0.1, 0.15) is 23.6 Å². The summed E-state index contributed by atoms with van der Waals surface area (Å²) >= 11 is 0. The van der Waals surface area contributed by atoms with Gasteiger partial charge in [0.15, 0.2) is 6.61 Å². The average molecular weight is 428 g/mol. The van der Waals surface area contributed by atoms with Crippen molar-refractivity contribution in [1.82, 2.24) is 0 Å². The monoisotopic (exact) mass is 428 g/mol. The first-order valence-electron chi connectivity index (χ1n) is 10.7. The molecule has 0 amide bonds. The third kappa shape index (κ3) is 4.75. The molecule has 2 saturated heterocycles. The van der Waals surface area contributed by atoms with E-state index in [1.165, 1.54) is 0 Å². The molecule has 5 rings (SSSR count). The van der Waals surface area contributed by atoms with E-state index in [1.54, 1.807) is 38.1 Å². The van der Waals surface area contributed by atoms with Crippen molar-refractivity contribution in [1.29, 1.82) is 0 Å². The SMILES string of the molecule is C=C(C)C(=O)OC(C)c1ccc(OCC(=O)OC23CC4CC(C2)OC(=O)C(C4)C3)cc1. The van der Waals surface area contributed by atoms with E-state index in [2.05, 4.69) is 6.58 Å². The minimum absolute atomic E-state index is 0.148. The molecule has 0 spiro atoms. The van der Waals surface area contributed by atoms with Crippen molar-refractivity contribution in [3.8, 4) is 5.75 Å². The molecule has 166 valence electrons. The zero-order valence-electron chi connectivity index (χ0n) is 17.9. The minimum Gasteiger partial charge on any atom is -0.482 e. The molecule has 2 aliphatic carbocycles. The van der Waals surface area contributed by atoms with Crippen LogP contribution in [0.2, 0.25) is 0 Å². The van der Waals surface area contributed by atoms with Crippen LogP contribution in [0.1, 0.15) is 57.6 Å². The molecular weight excluding hydrogens is 400 g/mol. The Bertz CT molecular complexity index is 890. The van der Waals surface area contributed by atoms with E-state index >= 15 is 0 Å². The summed E-state index contributed by atoms with van der Waals surface area (Å²) in [7, 11) is 0. The summed E-state index contributed by atoms with van der Waals surface area (Å²) in [5, 5.41) is 0. The Labute approximate surface area is 181 Å². The Morgan fingerprint density at radius 2 is 1.94 bits per heavy atom. The quantitative estimate of drug-likeness (QED) is 0.372. The third-order valence-electron chi connectivity index (χ3n) is 6.38. The molecule has 4 fully saturated rings. The molecule has 1 aromatic carbocycles. The molecule has 0 radical (unpaired) electrons. The van der Waals surface area contributed by atoms with Crippen molar-refractivity contribution in [2.75, 3.05) is 6.61 Å². The van der Waals surface area contributed by atoms with E-state index in [-0.39, 0.29) is 24.6 Å². The van der Waals surface area contributed by atoms with Crippen molar-refractivity contribution < 1.29 is 33.3 Å². The van der Waals surface area contributed by atoms with Gasteiger partial charge in [-0.15, -0.1) is 0 Å². The maximum Gasteiger partial charge on any atom is 0.344 e. The van der Waals surface area contributed by atoms with Gasteiger partial charge in [0, 0.05) is 18.4 Å². The lowest BCUT2D eigenvalue weighted by atomic mass is 9.65. The van der Waals surface area contributed by atoms with Gasteiger partial charge in [-0.25, -0.2) is 9.59 Å². The molecule has 0 aromatic heterocycles. The lowest BCUT2D eigenvalue weighted by Crippen LogP contribution is -2.48. The molecule has 2 heterocycles. The second-order valence-corrected chi connectivity index (χ2v) is 9.05. The number of carbonyl (C=O) groups is 3. The number of hydrogen-bond acceptors (Lipinski definition) is 7. The van der Waals surface area contributed by atoms with E-state index in [9.17, 15) is 14.4 Å². The molecular formula is C24H28O7. The van der Waals surface area contributed by atoms with Crippen LogP contribution in [-0.2, 0) is 28.6 Å². The first-order valence-corrected chi connectivity index (χ1v) is 10.7. The molecule has 2 saturated carbocycles. The lowest BCUT2D eigenvalue weighted by Gasteiger charge is -2.45. The van der Waals surface area contributed by atoms with Crippen molar-refractivity contribution >= 4 is 17.9 Å². The predicted molar refractivity (Wildman–Crippen MR) is 110 cm³/mol. The molecule has 7 heteroatoms. The van der Waals surface area contributed by atoms with Crippen molar-refractivity contribution in [2.24, 2.45) is 11.8 Å². The van der Waals surface area contributed by atoms with Crippen LogP contribution in [0.5, 0.6) is 5.75 Å². The molecule has 4 aliphatic rings. The fourth-order valence-corrected chi connectivity index (χ4v) is 5.08. The van der Waals surface area contributed by atoms with E-state index < -0.39 is 23.6 Å². The van der Waals surface area contributed by atoms with Crippen LogP contribution in [-0.4, -0.2) is 36.2 Å². The largest absolute Gasteiger partial charge is 0.482 e. The fraction of sp³-hybridized carbons (Fsp3) is 0.542. The van der Waals surface area contributed by atoms with E-state index in [0.717, 1.165) is 24.8 Å². The van der Waals surface area contributed by atoms with Gasteiger partial charge in [-0.05, 0) is 56.7 Å². The van der Waals surface area contributed by atoms with Gasteiger partial charge in [-0.1, -0.05) is 18.7 Å². The Balaban J connectivity index is 1.31. The standard InChI is InChI=1S/C24H28O7/c1-14(2)22(26)29-15(3)17-4-6-19(7-5-17)28-13-21(25)31-24-10-16-8-18(11-24)23(27)30-20(9-16)12-24/h4-7,15-16,18,20H,1,8-13H2,2-3H3. The molecule has 5 atom stereocenters. The van der Waals surface area contributed by atoms with Crippen LogP contribution in [0, 0.1) is 11.8 Å². The van der Waals surface area contributed by atoms with Gasteiger partial charge < -0.3 is 18.9 Å². The summed E-state index contributed by atoms with van der Waals surface area (Å²) in [6.07, 6.45) is 3.03. The minimum atomic E-state index is -0.616. The number of benzene rings is 1. The second-order valence-electron chi connectivity index (χ2n) is 9.05. The molecule has 2 aliphatic heterocycles. The summed E-state index contributed by atoms with van der Waals surface area (Å²) in [4.78, 5) is 36.3. The van der Waals surface area contributed by atoms with Gasteiger partial charge in [-0.3, -0.25) is 4.79 Å². The highest BCUT2D eigenvalue weighted by Gasteiger charge is 2.54. The van der Waals surface area contributed by atoms with Crippen molar-refractivity contribution in [3.63, 3.8) is 0 Å².